The van der Waals surface area contributed by atoms with Crippen LogP contribution in [0, 0.1) is 10.1 Å². The average molecular weight is 578 g/mol. The van der Waals surface area contributed by atoms with Gasteiger partial charge in [0.2, 0.25) is 0 Å². The molecular weight excluding hydrogens is 563 g/mol. The molecule has 11 heteroatoms. The van der Waals surface area contributed by atoms with Crippen molar-refractivity contribution in [1.82, 2.24) is 0 Å². The van der Waals surface area contributed by atoms with Gasteiger partial charge < -0.3 is 19.2 Å². The van der Waals surface area contributed by atoms with E-state index in [1.54, 1.807) is 24.3 Å². The minimum Gasteiger partial charge on any atom is -0.486 e. The van der Waals surface area contributed by atoms with E-state index in [1.807, 2.05) is 12.1 Å². The van der Waals surface area contributed by atoms with Crippen molar-refractivity contribution in [2.75, 3.05) is 5.32 Å². The van der Waals surface area contributed by atoms with Crippen LogP contribution in [-0.4, -0.2) is 10.8 Å². The molecule has 1 N–H and O–H groups in total. The van der Waals surface area contributed by atoms with Gasteiger partial charge >= 0.3 is 0 Å². The van der Waals surface area contributed by atoms with Crippen molar-refractivity contribution in [2.45, 2.75) is 6.61 Å². The lowest BCUT2D eigenvalue weighted by Crippen LogP contribution is -2.11. The third kappa shape index (κ3) is 6.54. The highest BCUT2D eigenvalue weighted by atomic mass is 79.9. The lowest BCUT2D eigenvalue weighted by Gasteiger charge is -2.10. The van der Waals surface area contributed by atoms with E-state index in [1.165, 1.54) is 36.4 Å². The Hall–Kier alpha value is -3.53. The first-order valence-corrected chi connectivity index (χ1v) is 11.5. The smallest absolute Gasteiger partial charge is 0.291 e. The topological polar surface area (TPSA) is 104 Å². The highest BCUT2D eigenvalue weighted by molar-refractivity contribution is 9.10. The molecule has 0 aliphatic carbocycles. The number of carbonyl (C=O) groups excluding carboxylic acids is 1. The number of nitro benzene ring substituents is 1. The maximum absolute atomic E-state index is 12.7. The van der Waals surface area contributed by atoms with E-state index in [9.17, 15) is 14.9 Å². The first kappa shape index (κ1) is 24.6. The van der Waals surface area contributed by atoms with Crippen LogP contribution < -0.4 is 14.8 Å². The van der Waals surface area contributed by atoms with Gasteiger partial charge in [-0.3, -0.25) is 14.9 Å². The van der Waals surface area contributed by atoms with Gasteiger partial charge in [-0.05, 0) is 54.6 Å². The quantitative estimate of drug-likeness (QED) is 0.169. The number of non-ortho nitro benzene ring substituents is 1. The van der Waals surface area contributed by atoms with Crippen LogP contribution in [0.15, 0.2) is 81.7 Å². The average Bonchev–Trinajstić information content (AvgIpc) is 3.30. The molecule has 0 bridgehead atoms. The van der Waals surface area contributed by atoms with Crippen molar-refractivity contribution in [2.24, 2.45) is 0 Å². The molecule has 4 aromatic rings. The van der Waals surface area contributed by atoms with E-state index in [2.05, 4.69) is 21.2 Å². The van der Waals surface area contributed by atoms with Crippen LogP contribution in [-0.2, 0) is 6.61 Å². The summed E-state index contributed by atoms with van der Waals surface area (Å²) in [6.45, 7) is 0.117. The summed E-state index contributed by atoms with van der Waals surface area (Å²) in [5.74, 6) is 0.820. The van der Waals surface area contributed by atoms with Crippen LogP contribution >= 0.6 is 39.1 Å². The Morgan fingerprint density at radius 2 is 1.77 bits per heavy atom. The summed E-state index contributed by atoms with van der Waals surface area (Å²) in [5.41, 5.74) is -0.153. The van der Waals surface area contributed by atoms with Crippen molar-refractivity contribution >= 4 is 56.4 Å². The zero-order valence-electron chi connectivity index (χ0n) is 17.7. The molecule has 0 saturated carbocycles. The molecule has 0 atom stereocenters. The first-order chi connectivity index (χ1) is 16.8. The number of halogens is 3. The van der Waals surface area contributed by atoms with Gasteiger partial charge in [0, 0.05) is 21.6 Å². The second-order valence-corrected chi connectivity index (χ2v) is 8.87. The lowest BCUT2D eigenvalue weighted by molar-refractivity contribution is -0.384. The summed E-state index contributed by atoms with van der Waals surface area (Å²) in [6, 6.07) is 18.8. The number of nitro groups is 1. The molecule has 0 aliphatic heterocycles. The highest BCUT2D eigenvalue weighted by Gasteiger charge is 2.17. The van der Waals surface area contributed by atoms with Crippen molar-refractivity contribution in [3.8, 4) is 17.2 Å². The van der Waals surface area contributed by atoms with E-state index in [0.29, 0.717) is 16.5 Å². The zero-order chi connectivity index (χ0) is 24.9. The van der Waals surface area contributed by atoms with Crippen LogP contribution in [0.5, 0.6) is 17.2 Å². The van der Waals surface area contributed by atoms with Gasteiger partial charge in [0.15, 0.2) is 5.76 Å². The highest BCUT2D eigenvalue weighted by Crippen LogP contribution is 2.34. The summed E-state index contributed by atoms with van der Waals surface area (Å²) < 4.78 is 17.8. The number of nitrogens with one attached hydrogen (secondary N) is 1. The van der Waals surface area contributed by atoms with Gasteiger partial charge in [0.1, 0.15) is 29.6 Å². The van der Waals surface area contributed by atoms with E-state index in [4.69, 9.17) is 37.1 Å². The van der Waals surface area contributed by atoms with Crippen molar-refractivity contribution in [3.05, 3.63) is 109 Å². The predicted molar refractivity (Wildman–Crippen MR) is 135 cm³/mol. The fraction of sp³-hybridized carbons (Fsp3) is 0.0417. The molecule has 3 aromatic carbocycles. The predicted octanol–water partition coefficient (Wildman–Crippen LogP) is 7.88. The number of hydrogen-bond acceptors (Lipinski definition) is 6. The van der Waals surface area contributed by atoms with Gasteiger partial charge in [-0.1, -0.05) is 39.1 Å². The summed E-state index contributed by atoms with van der Waals surface area (Å²) in [4.78, 5) is 23.5. The fourth-order valence-corrected chi connectivity index (χ4v) is 3.67. The molecule has 178 valence electrons. The van der Waals surface area contributed by atoms with Crippen LogP contribution in [0.1, 0.15) is 16.3 Å². The molecule has 4 rings (SSSR count). The minimum atomic E-state index is -0.601. The van der Waals surface area contributed by atoms with Crippen LogP contribution in [0.25, 0.3) is 0 Å². The second kappa shape index (κ2) is 10.8. The summed E-state index contributed by atoms with van der Waals surface area (Å²) in [6.07, 6.45) is 0. The van der Waals surface area contributed by atoms with Crippen LogP contribution in [0.4, 0.5) is 11.4 Å². The number of benzene rings is 3. The maximum atomic E-state index is 12.7. The van der Waals surface area contributed by atoms with Gasteiger partial charge in [-0.2, -0.15) is 0 Å². The third-order valence-corrected chi connectivity index (χ3v) is 5.62. The molecule has 0 saturated heterocycles. The fourth-order valence-electron chi connectivity index (χ4n) is 2.96. The monoisotopic (exact) mass is 576 g/mol. The zero-order valence-corrected chi connectivity index (χ0v) is 20.8. The molecule has 1 heterocycles. The molecule has 35 heavy (non-hydrogen) atoms. The van der Waals surface area contributed by atoms with E-state index < -0.39 is 10.8 Å². The Labute approximate surface area is 217 Å². The number of ether oxygens (including phenoxy) is 2. The standard InChI is InChI=1S/C24H15BrCl2N2O6/c25-14-1-4-18(5-2-14)33-13-19-6-8-23(34-19)24(30)28-16-10-17(29(31)32)12-20(11-16)35-22-7-3-15(26)9-21(22)27/h1-12H,13H2,(H,28,30). The van der Waals surface area contributed by atoms with Gasteiger partial charge in [0.25, 0.3) is 11.6 Å². The van der Waals surface area contributed by atoms with Crippen LogP contribution in [0.2, 0.25) is 10.0 Å². The number of amides is 1. The lowest BCUT2D eigenvalue weighted by atomic mass is 10.2. The number of carbonyl (C=O) groups is 1. The van der Waals surface area contributed by atoms with E-state index in [0.717, 1.165) is 4.47 Å². The second-order valence-electron chi connectivity index (χ2n) is 7.11. The Balaban J connectivity index is 1.47. The Morgan fingerprint density at radius 1 is 1.00 bits per heavy atom. The molecule has 1 amide bonds. The van der Waals surface area contributed by atoms with Crippen molar-refractivity contribution in [1.29, 1.82) is 0 Å². The van der Waals surface area contributed by atoms with Gasteiger partial charge in [0.05, 0.1) is 21.7 Å². The van der Waals surface area contributed by atoms with Gasteiger partial charge in [-0.15, -0.1) is 0 Å². The molecule has 0 aliphatic rings. The van der Waals surface area contributed by atoms with E-state index >= 15 is 0 Å². The third-order valence-electron chi connectivity index (χ3n) is 4.56. The molecule has 0 unspecified atom stereocenters. The summed E-state index contributed by atoms with van der Waals surface area (Å²) in [7, 11) is 0. The summed E-state index contributed by atoms with van der Waals surface area (Å²) in [5, 5.41) is 14.6. The number of hydrogen-bond donors (Lipinski definition) is 1. The minimum absolute atomic E-state index is 0.00845. The van der Waals surface area contributed by atoms with Crippen molar-refractivity contribution < 1.29 is 23.6 Å². The largest absolute Gasteiger partial charge is 0.486 e. The summed E-state index contributed by atoms with van der Waals surface area (Å²) >= 11 is 15.4. The Bertz CT molecular complexity index is 1390. The maximum Gasteiger partial charge on any atom is 0.291 e. The van der Waals surface area contributed by atoms with E-state index in [-0.39, 0.29) is 40.3 Å². The molecule has 0 fully saturated rings. The molecule has 0 radical (unpaired) electrons. The molecule has 0 spiro atoms. The van der Waals surface area contributed by atoms with Crippen molar-refractivity contribution in [3.63, 3.8) is 0 Å². The number of rotatable bonds is 8. The van der Waals surface area contributed by atoms with Crippen LogP contribution in [0.3, 0.4) is 0 Å². The number of furan rings is 1. The SMILES string of the molecule is O=C(Nc1cc(Oc2ccc(Cl)cc2Cl)cc([N+](=O)[O-])c1)c1ccc(COc2ccc(Br)cc2)o1. The number of nitrogens with zero attached hydrogens (tertiary/aromatic N) is 1. The molecule has 8 nitrogen and oxygen atoms in total. The Morgan fingerprint density at radius 3 is 2.49 bits per heavy atom. The molecule has 1 aromatic heterocycles. The Kier molecular flexibility index (Phi) is 7.60. The number of anilines is 1. The van der Waals surface area contributed by atoms with Gasteiger partial charge in [-0.25, -0.2) is 0 Å². The normalized spacial score (nSPS) is 10.6. The molecular formula is C24H15BrCl2N2O6. The first-order valence-electron chi connectivity index (χ1n) is 9.97.